The van der Waals surface area contributed by atoms with Crippen LogP contribution in [0, 0.1) is 11.8 Å². The molecule has 1 heterocycles. The predicted octanol–water partition coefficient (Wildman–Crippen LogP) is 0.0949. The first-order valence-electron chi connectivity index (χ1n) is 5.40. The molecule has 1 aromatic rings. The van der Waals surface area contributed by atoms with Gasteiger partial charge in [-0.05, 0) is 6.07 Å². The second-order valence-electron chi connectivity index (χ2n) is 4.08. The minimum Gasteiger partial charge on any atom is -0.384 e. The molecule has 7 heteroatoms. The Morgan fingerprint density at radius 1 is 1.53 bits per heavy atom. The summed E-state index contributed by atoms with van der Waals surface area (Å²) in [5.41, 5.74) is 0.776. The van der Waals surface area contributed by atoms with Gasteiger partial charge < -0.3 is 10.0 Å². The van der Waals surface area contributed by atoms with Crippen molar-refractivity contribution in [3.8, 4) is 11.8 Å². The fourth-order valence-corrected chi connectivity index (χ4v) is 2.86. The zero-order valence-electron chi connectivity index (χ0n) is 10.7. The number of sulfone groups is 1. The largest absolute Gasteiger partial charge is 0.384 e. The van der Waals surface area contributed by atoms with E-state index < -0.39 is 21.5 Å². The summed E-state index contributed by atoms with van der Waals surface area (Å²) in [6, 6.07) is 1.82. The first-order chi connectivity index (χ1) is 8.81. The van der Waals surface area contributed by atoms with Crippen LogP contribution in [0.1, 0.15) is 10.4 Å². The normalized spacial score (nSPS) is 10.7. The highest BCUT2D eigenvalue weighted by atomic mass is 32.2. The van der Waals surface area contributed by atoms with E-state index in [2.05, 4.69) is 11.8 Å². The summed E-state index contributed by atoms with van der Waals surface area (Å²) >= 11 is 1.44. The summed E-state index contributed by atoms with van der Waals surface area (Å²) in [4.78, 5) is 13.9. The van der Waals surface area contributed by atoms with Gasteiger partial charge in [0.1, 0.15) is 12.4 Å². The molecule has 1 rings (SSSR count). The Morgan fingerprint density at radius 2 is 2.21 bits per heavy atom. The minimum atomic E-state index is -3.31. The fraction of sp³-hybridized carbons (Fsp3) is 0.417. The van der Waals surface area contributed by atoms with Crippen LogP contribution in [0.25, 0.3) is 0 Å². The van der Waals surface area contributed by atoms with Crippen molar-refractivity contribution in [1.29, 1.82) is 0 Å². The summed E-state index contributed by atoms with van der Waals surface area (Å²) in [6.45, 7) is 0.151. The molecule has 0 radical (unpaired) electrons. The van der Waals surface area contributed by atoms with E-state index in [1.807, 2.05) is 11.4 Å². The lowest BCUT2D eigenvalue weighted by atomic mass is 10.3. The standard InChI is InChI=1S/C12H15NO4S2/c1-13(12(15)9-19(2,16)17)7-11-6-10(8-18-11)4-3-5-14/h6,8,14H,5,7,9H2,1-2H3. The van der Waals surface area contributed by atoms with Crippen LogP contribution in [0.4, 0.5) is 0 Å². The Balaban J connectivity index is 2.64. The lowest BCUT2D eigenvalue weighted by Crippen LogP contribution is -2.31. The van der Waals surface area contributed by atoms with Crippen molar-refractivity contribution >= 4 is 27.1 Å². The molecule has 104 valence electrons. The van der Waals surface area contributed by atoms with Crippen molar-refractivity contribution < 1.29 is 18.3 Å². The van der Waals surface area contributed by atoms with Gasteiger partial charge in [-0.1, -0.05) is 11.8 Å². The molecule has 5 nitrogen and oxygen atoms in total. The molecule has 0 aliphatic heterocycles. The lowest BCUT2D eigenvalue weighted by Gasteiger charge is -2.15. The summed E-state index contributed by atoms with van der Waals surface area (Å²) < 4.78 is 22.1. The second kappa shape index (κ2) is 6.70. The molecule has 0 aliphatic carbocycles. The molecule has 0 spiro atoms. The molecule has 0 aliphatic rings. The third kappa shape index (κ3) is 5.87. The van der Waals surface area contributed by atoms with Crippen LogP contribution in [0.3, 0.4) is 0 Å². The molecule has 0 unspecified atom stereocenters. The van der Waals surface area contributed by atoms with E-state index in [9.17, 15) is 13.2 Å². The van der Waals surface area contributed by atoms with E-state index in [-0.39, 0.29) is 6.61 Å². The number of thiophene rings is 1. The molecule has 0 atom stereocenters. The molecule has 0 saturated heterocycles. The van der Waals surface area contributed by atoms with Gasteiger partial charge in [-0.25, -0.2) is 8.42 Å². The van der Waals surface area contributed by atoms with Crippen LogP contribution < -0.4 is 0 Å². The quantitative estimate of drug-likeness (QED) is 0.800. The molecule has 19 heavy (non-hydrogen) atoms. The number of nitrogens with zero attached hydrogens (tertiary/aromatic N) is 1. The Bertz CT molecular complexity index is 607. The third-order valence-electron chi connectivity index (χ3n) is 2.17. The number of aliphatic hydroxyl groups excluding tert-OH is 1. The number of rotatable bonds is 4. The van der Waals surface area contributed by atoms with Gasteiger partial charge >= 0.3 is 0 Å². The molecular formula is C12H15NO4S2. The number of aliphatic hydroxyl groups is 1. The Labute approximate surface area is 116 Å². The number of carbonyl (C=O) groups is 1. The van der Waals surface area contributed by atoms with Crippen LogP contribution in [0.5, 0.6) is 0 Å². The third-order valence-corrected chi connectivity index (χ3v) is 3.86. The monoisotopic (exact) mass is 301 g/mol. The van der Waals surface area contributed by atoms with Crippen LogP contribution in [-0.2, 0) is 21.2 Å². The molecule has 0 fully saturated rings. The first-order valence-corrected chi connectivity index (χ1v) is 8.34. The van der Waals surface area contributed by atoms with Gasteiger partial charge in [0.15, 0.2) is 9.84 Å². The van der Waals surface area contributed by atoms with E-state index >= 15 is 0 Å². The predicted molar refractivity (Wildman–Crippen MR) is 74.5 cm³/mol. The molecule has 1 aromatic heterocycles. The van der Waals surface area contributed by atoms with Gasteiger partial charge in [0.2, 0.25) is 5.91 Å². The smallest absolute Gasteiger partial charge is 0.237 e. The van der Waals surface area contributed by atoms with Crippen LogP contribution in [0.15, 0.2) is 11.4 Å². The molecule has 0 aromatic carbocycles. The van der Waals surface area contributed by atoms with Gasteiger partial charge in [0, 0.05) is 29.1 Å². The molecule has 1 N–H and O–H groups in total. The maximum absolute atomic E-state index is 11.6. The summed E-state index contributed by atoms with van der Waals surface area (Å²) in [5.74, 6) is 4.39. The summed E-state index contributed by atoms with van der Waals surface area (Å²) in [6.07, 6.45) is 1.03. The second-order valence-corrected chi connectivity index (χ2v) is 7.22. The average molecular weight is 301 g/mol. The maximum Gasteiger partial charge on any atom is 0.237 e. The fourth-order valence-electron chi connectivity index (χ4n) is 1.33. The number of hydrogen-bond donors (Lipinski definition) is 1. The van der Waals surface area contributed by atoms with Crippen molar-refractivity contribution in [2.75, 3.05) is 25.7 Å². The maximum atomic E-state index is 11.6. The van der Waals surface area contributed by atoms with Gasteiger partial charge in [-0.3, -0.25) is 4.79 Å². The van der Waals surface area contributed by atoms with E-state index in [4.69, 9.17) is 5.11 Å². The van der Waals surface area contributed by atoms with Gasteiger partial charge in [0.25, 0.3) is 0 Å². The van der Waals surface area contributed by atoms with Crippen molar-refractivity contribution in [3.05, 3.63) is 21.9 Å². The van der Waals surface area contributed by atoms with Crippen LogP contribution in [-0.4, -0.2) is 50.0 Å². The van der Waals surface area contributed by atoms with Crippen LogP contribution >= 0.6 is 11.3 Å². The van der Waals surface area contributed by atoms with Crippen molar-refractivity contribution in [1.82, 2.24) is 4.90 Å². The van der Waals surface area contributed by atoms with Crippen molar-refractivity contribution in [2.45, 2.75) is 6.54 Å². The van der Waals surface area contributed by atoms with Crippen LogP contribution in [0.2, 0.25) is 0 Å². The molecular weight excluding hydrogens is 286 g/mol. The molecule has 0 saturated carbocycles. The Morgan fingerprint density at radius 3 is 2.79 bits per heavy atom. The zero-order chi connectivity index (χ0) is 14.5. The van der Waals surface area contributed by atoms with Crippen molar-refractivity contribution in [3.63, 3.8) is 0 Å². The highest BCUT2D eigenvalue weighted by Gasteiger charge is 2.16. The average Bonchev–Trinajstić information content (AvgIpc) is 2.71. The minimum absolute atomic E-state index is 0.196. The topological polar surface area (TPSA) is 74.7 Å². The SMILES string of the molecule is CN(Cc1cc(C#CCO)cs1)C(=O)CS(C)(=O)=O. The van der Waals surface area contributed by atoms with E-state index in [0.29, 0.717) is 6.54 Å². The number of amides is 1. The number of carbonyl (C=O) groups excluding carboxylic acids is 1. The van der Waals surface area contributed by atoms with E-state index in [1.165, 1.54) is 16.2 Å². The molecule has 1 amide bonds. The van der Waals surface area contributed by atoms with E-state index in [1.54, 1.807) is 7.05 Å². The lowest BCUT2D eigenvalue weighted by molar-refractivity contribution is -0.127. The van der Waals surface area contributed by atoms with Crippen molar-refractivity contribution in [2.24, 2.45) is 0 Å². The highest BCUT2D eigenvalue weighted by Crippen LogP contribution is 2.15. The number of hydrogen-bond acceptors (Lipinski definition) is 5. The summed E-state index contributed by atoms with van der Waals surface area (Å²) in [7, 11) is -1.74. The van der Waals surface area contributed by atoms with E-state index in [0.717, 1.165) is 16.7 Å². The first kappa shape index (κ1) is 15.7. The Kier molecular flexibility index (Phi) is 5.54. The summed E-state index contributed by atoms with van der Waals surface area (Å²) in [5, 5.41) is 10.4. The molecule has 0 bridgehead atoms. The highest BCUT2D eigenvalue weighted by molar-refractivity contribution is 7.91. The van der Waals surface area contributed by atoms with Gasteiger partial charge in [-0.2, -0.15) is 0 Å². The Hall–Kier alpha value is -1.36. The van der Waals surface area contributed by atoms with Gasteiger partial charge in [0.05, 0.1) is 6.54 Å². The zero-order valence-corrected chi connectivity index (χ0v) is 12.3. The van der Waals surface area contributed by atoms with Gasteiger partial charge in [-0.15, -0.1) is 11.3 Å².